The summed E-state index contributed by atoms with van der Waals surface area (Å²) in [6.07, 6.45) is 3.12. The Bertz CT molecular complexity index is 497. The van der Waals surface area contributed by atoms with E-state index in [1.165, 1.54) is 11.1 Å². The minimum atomic E-state index is 0.716. The molecule has 19 heavy (non-hydrogen) atoms. The van der Waals surface area contributed by atoms with E-state index in [2.05, 4.69) is 48.5 Å². The lowest BCUT2D eigenvalue weighted by Crippen LogP contribution is -2.13. The van der Waals surface area contributed by atoms with Gasteiger partial charge in [0.25, 0.3) is 0 Å². The summed E-state index contributed by atoms with van der Waals surface area (Å²) in [5.41, 5.74) is 3.82. The third-order valence-electron chi connectivity index (χ3n) is 3.07. The average molecular weight is 257 g/mol. The summed E-state index contributed by atoms with van der Waals surface area (Å²) in [7, 11) is 1.94. The van der Waals surface area contributed by atoms with Gasteiger partial charge in [-0.25, -0.2) is 0 Å². The van der Waals surface area contributed by atoms with Gasteiger partial charge in [0, 0.05) is 26.3 Å². The highest BCUT2D eigenvalue weighted by Gasteiger charge is 1.99. The molecule has 2 rings (SSSR count). The quantitative estimate of drug-likeness (QED) is 0.862. The van der Waals surface area contributed by atoms with Crippen LogP contribution in [0.5, 0.6) is 0 Å². The summed E-state index contributed by atoms with van der Waals surface area (Å²) in [6, 6.07) is 10.9. The summed E-state index contributed by atoms with van der Waals surface area (Å²) in [4.78, 5) is 0. The van der Waals surface area contributed by atoms with E-state index in [0.717, 1.165) is 25.2 Å². The van der Waals surface area contributed by atoms with Crippen molar-refractivity contribution < 1.29 is 0 Å². The molecular formula is C16H23N3. The number of rotatable bonds is 6. The predicted octanol–water partition coefficient (Wildman–Crippen LogP) is 2.91. The molecule has 0 saturated carbocycles. The van der Waals surface area contributed by atoms with Gasteiger partial charge in [-0.15, -0.1) is 0 Å². The molecule has 2 aromatic rings. The summed E-state index contributed by atoms with van der Waals surface area (Å²) in [6.45, 7) is 6.21. The standard InChI is InChI=1S/C16H23N3/c1-13(2)10-14-4-6-15(7-5-14)11-17-12-16-8-9-19(3)18-16/h4-9,13,17H,10-12H2,1-3H3. The molecule has 0 radical (unpaired) electrons. The lowest BCUT2D eigenvalue weighted by atomic mass is 10.0. The van der Waals surface area contributed by atoms with Gasteiger partial charge in [-0.05, 0) is 29.5 Å². The second kappa shape index (κ2) is 6.53. The molecule has 0 fully saturated rings. The average Bonchev–Trinajstić information content (AvgIpc) is 2.77. The number of aromatic nitrogens is 2. The number of benzene rings is 1. The van der Waals surface area contributed by atoms with Crippen molar-refractivity contribution in [1.29, 1.82) is 0 Å². The first-order chi connectivity index (χ1) is 9.13. The second-order valence-electron chi connectivity index (χ2n) is 5.50. The van der Waals surface area contributed by atoms with Gasteiger partial charge in [-0.2, -0.15) is 5.10 Å². The highest BCUT2D eigenvalue weighted by molar-refractivity contribution is 5.22. The zero-order chi connectivity index (χ0) is 13.7. The maximum atomic E-state index is 4.34. The van der Waals surface area contributed by atoms with Crippen molar-refractivity contribution in [3.63, 3.8) is 0 Å². The minimum Gasteiger partial charge on any atom is -0.307 e. The Balaban J connectivity index is 1.79. The van der Waals surface area contributed by atoms with E-state index in [-0.39, 0.29) is 0 Å². The van der Waals surface area contributed by atoms with Crippen LogP contribution in [0, 0.1) is 5.92 Å². The van der Waals surface area contributed by atoms with E-state index in [9.17, 15) is 0 Å². The van der Waals surface area contributed by atoms with Crippen molar-refractivity contribution in [2.75, 3.05) is 0 Å². The summed E-state index contributed by atoms with van der Waals surface area (Å²) < 4.78 is 1.83. The molecule has 3 nitrogen and oxygen atoms in total. The van der Waals surface area contributed by atoms with Gasteiger partial charge < -0.3 is 5.32 Å². The number of nitrogens with one attached hydrogen (secondary N) is 1. The Morgan fingerprint density at radius 3 is 2.32 bits per heavy atom. The van der Waals surface area contributed by atoms with Crippen molar-refractivity contribution in [3.05, 3.63) is 53.3 Å². The molecular weight excluding hydrogens is 234 g/mol. The highest BCUT2D eigenvalue weighted by atomic mass is 15.3. The summed E-state index contributed by atoms with van der Waals surface area (Å²) >= 11 is 0. The fourth-order valence-corrected chi connectivity index (χ4v) is 2.16. The van der Waals surface area contributed by atoms with Gasteiger partial charge in [0.1, 0.15) is 0 Å². The highest BCUT2D eigenvalue weighted by Crippen LogP contribution is 2.09. The molecule has 0 aliphatic heterocycles. The van der Waals surface area contributed by atoms with E-state index in [0.29, 0.717) is 5.92 Å². The molecule has 102 valence electrons. The Labute approximate surface area is 115 Å². The number of hydrogen-bond acceptors (Lipinski definition) is 2. The largest absolute Gasteiger partial charge is 0.307 e. The molecule has 0 unspecified atom stereocenters. The van der Waals surface area contributed by atoms with Gasteiger partial charge >= 0.3 is 0 Å². The van der Waals surface area contributed by atoms with Crippen molar-refractivity contribution in [2.45, 2.75) is 33.4 Å². The van der Waals surface area contributed by atoms with Gasteiger partial charge in [0.2, 0.25) is 0 Å². The number of hydrogen-bond donors (Lipinski definition) is 1. The minimum absolute atomic E-state index is 0.716. The smallest absolute Gasteiger partial charge is 0.0762 e. The third kappa shape index (κ3) is 4.52. The SMILES string of the molecule is CC(C)Cc1ccc(CNCc2ccn(C)n2)cc1. The Hall–Kier alpha value is -1.61. The monoisotopic (exact) mass is 257 g/mol. The summed E-state index contributed by atoms with van der Waals surface area (Å²) in [5, 5.41) is 7.76. The Morgan fingerprint density at radius 2 is 1.74 bits per heavy atom. The third-order valence-corrected chi connectivity index (χ3v) is 3.07. The Morgan fingerprint density at radius 1 is 1.05 bits per heavy atom. The van der Waals surface area contributed by atoms with Gasteiger partial charge in [-0.1, -0.05) is 38.1 Å². The van der Waals surface area contributed by atoms with Crippen LogP contribution in [-0.4, -0.2) is 9.78 Å². The van der Waals surface area contributed by atoms with Crippen LogP contribution in [0.4, 0.5) is 0 Å². The molecule has 0 aliphatic rings. The van der Waals surface area contributed by atoms with Crippen molar-refractivity contribution >= 4 is 0 Å². The van der Waals surface area contributed by atoms with Gasteiger partial charge in [0.05, 0.1) is 5.69 Å². The molecule has 1 heterocycles. The predicted molar refractivity (Wildman–Crippen MR) is 78.7 cm³/mol. The maximum absolute atomic E-state index is 4.34. The topological polar surface area (TPSA) is 29.9 Å². The second-order valence-corrected chi connectivity index (χ2v) is 5.50. The van der Waals surface area contributed by atoms with Crippen LogP contribution >= 0.6 is 0 Å². The van der Waals surface area contributed by atoms with E-state index in [1.54, 1.807) is 0 Å². The van der Waals surface area contributed by atoms with E-state index >= 15 is 0 Å². The first-order valence-electron chi connectivity index (χ1n) is 6.90. The molecule has 0 saturated heterocycles. The fraction of sp³-hybridized carbons (Fsp3) is 0.438. The first kappa shape index (κ1) is 13.8. The summed E-state index contributed by atoms with van der Waals surface area (Å²) in [5.74, 6) is 0.716. The van der Waals surface area contributed by atoms with E-state index < -0.39 is 0 Å². The van der Waals surface area contributed by atoms with E-state index in [1.807, 2.05) is 24.0 Å². The molecule has 1 aromatic carbocycles. The molecule has 0 atom stereocenters. The lowest BCUT2D eigenvalue weighted by Gasteiger charge is -2.07. The Kier molecular flexibility index (Phi) is 4.74. The lowest BCUT2D eigenvalue weighted by molar-refractivity contribution is 0.644. The van der Waals surface area contributed by atoms with Gasteiger partial charge in [-0.3, -0.25) is 4.68 Å². The zero-order valence-corrected chi connectivity index (χ0v) is 12.1. The molecule has 0 amide bonds. The molecule has 1 aromatic heterocycles. The number of nitrogens with zero attached hydrogens (tertiary/aromatic N) is 2. The maximum Gasteiger partial charge on any atom is 0.0762 e. The molecule has 1 N–H and O–H groups in total. The van der Waals surface area contributed by atoms with Crippen LogP contribution in [0.2, 0.25) is 0 Å². The molecule has 0 spiro atoms. The zero-order valence-electron chi connectivity index (χ0n) is 12.1. The molecule has 0 aliphatic carbocycles. The van der Waals surface area contributed by atoms with Crippen molar-refractivity contribution in [3.8, 4) is 0 Å². The van der Waals surface area contributed by atoms with Crippen LogP contribution in [0.15, 0.2) is 36.5 Å². The first-order valence-corrected chi connectivity index (χ1v) is 6.90. The normalized spacial score (nSPS) is 11.2. The van der Waals surface area contributed by atoms with Gasteiger partial charge in [0.15, 0.2) is 0 Å². The van der Waals surface area contributed by atoms with Crippen LogP contribution < -0.4 is 5.32 Å². The molecule has 3 heteroatoms. The molecule has 0 bridgehead atoms. The van der Waals surface area contributed by atoms with Crippen molar-refractivity contribution in [2.24, 2.45) is 13.0 Å². The number of aryl methyl sites for hydroxylation is 1. The van der Waals surface area contributed by atoms with E-state index in [4.69, 9.17) is 0 Å². The van der Waals surface area contributed by atoms with Crippen LogP contribution in [-0.2, 0) is 26.6 Å². The van der Waals surface area contributed by atoms with Crippen molar-refractivity contribution in [1.82, 2.24) is 15.1 Å². The fourth-order valence-electron chi connectivity index (χ4n) is 2.16. The van der Waals surface area contributed by atoms with Crippen LogP contribution in [0.3, 0.4) is 0 Å². The van der Waals surface area contributed by atoms with Crippen LogP contribution in [0.1, 0.15) is 30.7 Å². The van der Waals surface area contributed by atoms with Crippen LogP contribution in [0.25, 0.3) is 0 Å².